The van der Waals surface area contributed by atoms with Crippen LogP contribution < -0.4 is 0 Å². The molecule has 0 spiro atoms. The van der Waals surface area contributed by atoms with Crippen LogP contribution in [0.15, 0.2) is 88.4 Å². The van der Waals surface area contributed by atoms with Crippen LogP contribution in [0.25, 0.3) is 10.8 Å². The highest BCUT2D eigenvalue weighted by Crippen LogP contribution is 2.36. The van der Waals surface area contributed by atoms with Gasteiger partial charge in [-0.15, -0.1) is 6.58 Å². The van der Waals surface area contributed by atoms with Crippen molar-refractivity contribution in [2.45, 2.75) is 30.7 Å². The summed E-state index contributed by atoms with van der Waals surface area (Å²) in [5.41, 5.74) is 1.59. The molecule has 1 unspecified atom stereocenters. The largest absolute Gasteiger partial charge is 0.506 e. The fourth-order valence-corrected chi connectivity index (χ4v) is 4.44. The smallest absolute Gasteiger partial charge is 0.185 e. The topological polar surface area (TPSA) is 79.1 Å². The van der Waals surface area contributed by atoms with E-state index in [9.17, 15) is 13.5 Å². The van der Waals surface area contributed by atoms with Gasteiger partial charge in [0.15, 0.2) is 9.84 Å². The molecular weight excluding hydrogens is 384 g/mol. The maximum absolute atomic E-state index is 12.6. The van der Waals surface area contributed by atoms with Gasteiger partial charge in [-0.1, -0.05) is 55.5 Å². The highest BCUT2D eigenvalue weighted by atomic mass is 32.2. The van der Waals surface area contributed by atoms with Gasteiger partial charge < -0.3 is 5.11 Å². The van der Waals surface area contributed by atoms with Gasteiger partial charge in [0.05, 0.1) is 17.5 Å². The molecule has 0 aliphatic rings. The molecule has 0 fully saturated rings. The first-order valence-corrected chi connectivity index (χ1v) is 11.1. The first-order valence-electron chi connectivity index (χ1n) is 9.49. The lowest BCUT2D eigenvalue weighted by Gasteiger charge is -2.15. The Balaban J connectivity index is 2.04. The van der Waals surface area contributed by atoms with Crippen LogP contribution in [-0.2, 0) is 16.3 Å². The third kappa shape index (κ3) is 4.71. The van der Waals surface area contributed by atoms with E-state index in [0.717, 1.165) is 23.1 Å². The van der Waals surface area contributed by atoms with Crippen molar-refractivity contribution in [1.82, 2.24) is 0 Å². The van der Waals surface area contributed by atoms with Gasteiger partial charge >= 0.3 is 0 Å². The van der Waals surface area contributed by atoms with Crippen molar-refractivity contribution in [2.75, 3.05) is 5.75 Å². The van der Waals surface area contributed by atoms with E-state index < -0.39 is 9.84 Å². The lowest BCUT2D eigenvalue weighted by Crippen LogP contribution is -2.10. The summed E-state index contributed by atoms with van der Waals surface area (Å²) in [6, 6.07) is 18.2. The molecule has 0 heterocycles. The molecule has 0 saturated carbocycles. The van der Waals surface area contributed by atoms with E-state index in [1.807, 2.05) is 49.4 Å². The fraction of sp³-hybridized carbons (Fsp3) is 0.217. The molecule has 0 aliphatic carbocycles. The third-order valence-electron chi connectivity index (χ3n) is 4.76. The van der Waals surface area contributed by atoms with Crippen LogP contribution in [-0.4, -0.2) is 25.3 Å². The number of phenolic OH excluding ortho intramolecular Hbond substituents is 1. The number of fused-ring (bicyclic) bond motifs is 1. The van der Waals surface area contributed by atoms with Crippen LogP contribution >= 0.6 is 0 Å². The summed E-state index contributed by atoms with van der Waals surface area (Å²) in [5.74, 6) is -0.450. The summed E-state index contributed by atoms with van der Waals surface area (Å²) in [6.45, 7) is 5.53. The zero-order chi connectivity index (χ0) is 20.9. The number of phenols is 1. The summed E-state index contributed by atoms with van der Waals surface area (Å²) >= 11 is 0. The SMILES string of the molecule is C=CCS(=O)(=O)c1cc(CC(CC)N=Nc2ccccc2)c2ccccc2c1O. The van der Waals surface area contributed by atoms with Crippen molar-refractivity contribution < 1.29 is 13.5 Å². The van der Waals surface area contributed by atoms with Crippen molar-refractivity contribution in [1.29, 1.82) is 0 Å². The molecule has 29 heavy (non-hydrogen) atoms. The van der Waals surface area contributed by atoms with E-state index >= 15 is 0 Å². The van der Waals surface area contributed by atoms with Crippen LogP contribution in [0.2, 0.25) is 0 Å². The lowest BCUT2D eigenvalue weighted by atomic mass is 9.97. The van der Waals surface area contributed by atoms with Crippen LogP contribution in [0.5, 0.6) is 5.75 Å². The van der Waals surface area contributed by atoms with Gasteiger partial charge in [0.1, 0.15) is 10.6 Å². The van der Waals surface area contributed by atoms with Crippen LogP contribution in [0.3, 0.4) is 0 Å². The Hall–Kier alpha value is -2.99. The van der Waals surface area contributed by atoms with Crippen molar-refractivity contribution in [3.63, 3.8) is 0 Å². The number of aromatic hydroxyl groups is 1. The van der Waals surface area contributed by atoms with E-state index in [1.54, 1.807) is 18.2 Å². The molecule has 0 aliphatic heterocycles. The minimum atomic E-state index is -3.67. The minimum absolute atomic E-state index is 0.0686. The van der Waals surface area contributed by atoms with Crippen molar-refractivity contribution in [3.8, 4) is 5.75 Å². The Morgan fingerprint density at radius 2 is 1.72 bits per heavy atom. The Kier molecular flexibility index (Phi) is 6.44. The van der Waals surface area contributed by atoms with Gasteiger partial charge in [-0.05, 0) is 42.0 Å². The zero-order valence-electron chi connectivity index (χ0n) is 16.3. The number of rotatable bonds is 8. The molecule has 150 valence electrons. The van der Waals surface area contributed by atoms with Crippen LogP contribution in [0, 0.1) is 0 Å². The van der Waals surface area contributed by atoms with Crippen LogP contribution in [0.4, 0.5) is 5.69 Å². The third-order valence-corrected chi connectivity index (χ3v) is 6.41. The Labute approximate surface area is 171 Å². The molecule has 5 nitrogen and oxygen atoms in total. The summed E-state index contributed by atoms with van der Waals surface area (Å²) in [4.78, 5) is -0.0686. The van der Waals surface area contributed by atoms with Gasteiger partial charge in [-0.2, -0.15) is 10.2 Å². The summed E-state index contributed by atoms with van der Waals surface area (Å²) in [5, 5.41) is 20.7. The Morgan fingerprint density at radius 3 is 2.38 bits per heavy atom. The molecule has 0 bridgehead atoms. The molecule has 0 radical (unpaired) electrons. The van der Waals surface area contributed by atoms with E-state index in [4.69, 9.17) is 0 Å². The zero-order valence-corrected chi connectivity index (χ0v) is 17.1. The Morgan fingerprint density at radius 1 is 1.07 bits per heavy atom. The molecule has 3 aromatic carbocycles. The fourth-order valence-electron chi connectivity index (χ4n) is 3.22. The predicted molar refractivity (Wildman–Crippen MR) is 117 cm³/mol. The van der Waals surface area contributed by atoms with Gasteiger partial charge in [-0.25, -0.2) is 8.42 Å². The Bertz CT molecular complexity index is 1140. The van der Waals surface area contributed by atoms with Crippen molar-refractivity contribution in [3.05, 3.63) is 78.9 Å². The molecule has 1 atom stereocenters. The minimum Gasteiger partial charge on any atom is -0.506 e. The summed E-state index contributed by atoms with van der Waals surface area (Å²) in [6.07, 6.45) is 2.59. The number of sulfone groups is 1. The summed E-state index contributed by atoms with van der Waals surface area (Å²) < 4.78 is 25.3. The number of benzene rings is 3. The molecule has 3 aromatic rings. The van der Waals surface area contributed by atoms with E-state index in [1.165, 1.54) is 6.08 Å². The second-order valence-electron chi connectivity index (χ2n) is 6.82. The number of nitrogens with zero attached hydrogens (tertiary/aromatic N) is 2. The molecular formula is C23H24N2O3S. The standard InChI is InChI=1S/C23H24N2O3S/c1-3-14-29(27,28)22-16-17(20-12-8-9-13-21(20)23(22)26)15-18(4-2)24-25-19-10-6-5-7-11-19/h3,5-13,16,18,26H,1,4,14-15H2,2H3. The van der Waals surface area contributed by atoms with Crippen molar-refractivity contribution >= 4 is 26.3 Å². The molecule has 1 N–H and O–H groups in total. The highest BCUT2D eigenvalue weighted by Gasteiger charge is 2.22. The van der Waals surface area contributed by atoms with Gasteiger partial charge in [0, 0.05) is 5.39 Å². The van der Waals surface area contributed by atoms with Gasteiger partial charge in [0.25, 0.3) is 0 Å². The van der Waals surface area contributed by atoms with E-state index in [0.29, 0.717) is 11.8 Å². The lowest BCUT2D eigenvalue weighted by molar-refractivity contribution is 0.465. The number of azo groups is 1. The molecule has 0 saturated heterocycles. The summed E-state index contributed by atoms with van der Waals surface area (Å²) in [7, 11) is -3.67. The monoisotopic (exact) mass is 408 g/mol. The number of hydrogen-bond acceptors (Lipinski definition) is 5. The van der Waals surface area contributed by atoms with Crippen molar-refractivity contribution in [2.24, 2.45) is 10.2 Å². The molecule has 0 aromatic heterocycles. The average molecular weight is 409 g/mol. The van der Waals surface area contributed by atoms with E-state index in [2.05, 4.69) is 16.8 Å². The molecule has 6 heteroatoms. The second kappa shape index (κ2) is 9.01. The first-order chi connectivity index (χ1) is 14.0. The predicted octanol–water partition coefficient (Wildman–Crippen LogP) is 5.61. The maximum Gasteiger partial charge on any atom is 0.185 e. The maximum atomic E-state index is 12.6. The average Bonchev–Trinajstić information content (AvgIpc) is 2.73. The molecule has 3 rings (SSSR count). The van der Waals surface area contributed by atoms with Gasteiger partial charge in [0.2, 0.25) is 0 Å². The van der Waals surface area contributed by atoms with Crippen LogP contribution in [0.1, 0.15) is 18.9 Å². The van der Waals surface area contributed by atoms with Gasteiger partial charge in [-0.3, -0.25) is 0 Å². The highest BCUT2D eigenvalue weighted by molar-refractivity contribution is 7.91. The van der Waals surface area contributed by atoms with E-state index in [-0.39, 0.29) is 22.4 Å². The quantitative estimate of drug-likeness (QED) is 0.389. The second-order valence-corrected chi connectivity index (χ2v) is 8.82. The first kappa shape index (κ1) is 20.7. The molecule has 0 amide bonds. The number of hydrogen-bond donors (Lipinski definition) is 1. The normalized spacial score (nSPS) is 13.0.